The maximum absolute atomic E-state index is 10.5. The fourth-order valence-electron chi connectivity index (χ4n) is 0.682. The number of rotatable bonds is 1. The van der Waals surface area contributed by atoms with E-state index in [2.05, 4.69) is 0 Å². The molecule has 0 radical (unpaired) electrons. The Kier molecular flexibility index (Phi) is 4.18. The van der Waals surface area contributed by atoms with Crippen LogP contribution in [0.25, 0.3) is 0 Å². The molecular weight excluding hydrogens is 153 g/mol. The molecule has 54 valence electrons. The molecule has 0 saturated carbocycles. The Hall–Kier alpha value is -0.510. The van der Waals surface area contributed by atoms with E-state index < -0.39 is 5.91 Å². The number of carbonyl (C=O) groups is 1. The van der Waals surface area contributed by atoms with Crippen molar-refractivity contribution in [1.82, 2.24) is 0 Å². The van der Waals surface area contributed by atoms with Gasteiger partial charge in [-0.05, 0) is 12.1 Å². The Morgan fingerprint density at radius 2 is 2.00 bits per heavy atom. The first-order valence-electron chi connectivity index (χ1n) is 2.79. The smallest absolute Gasteiger partial charge is 1.00 e. The summed E-state index contributed by atoms with van der Waals surface area (Å²) in [6, 6.07) is 6.15. The summed E-state index contributed by atoms with van der Waals surface area (Å²) in [5, 5.41) is 8.98. The standard InChI is InChI=1S/C7H7NO2.Na.H/c8-7(10)5-3-1-2-4-6(5)9;;/h1-4,9H,(H2,8,10);;/q;+1;-1. The minimum absolute atomic E-state index is 0. The van der Waals surface area contributed by atoms with Crippen LogP contribution < -0.4 is 35.3 Å². The van der Waals surface area contributed by atoms with Crippen molar-refractivity contribution >= 4 is 5.91 Å². The maximum Gasteiger partial charge on any atom is 1.00 e. The van der Waals surface area contributed by atoms with Crippen molar-refractivity contribution in [1.29, 1.82) is 0 Å². The van der Waals surface area contributed by atoms with E-state index in [-0.39, 0.29) is 42.3 Å². The second kappa shape index (κ2) is 4.38. The van der Waals surface area contributed by atoms with Crippen molar-refractivity contribution in [2.45, 2.75) is 0 Å². The van der Waals surface area contributed by atoms with Crippen LogP contribution in [0.1, 0.15) is 11.8 Å². The number of carbonyl (C=O) groups excluding carboxylic acids is 1. The minimum Gasteiger partial charge on any atom is -1.00 e. The molecule has 0 unspecified atom stereocenters. The van der Waals surface area contributed by atoms with E-state index in [0.29, 0.717) is 0 Å². The molecule has 0 spiro atoms. The van der Waals surface area contributed by atoms with Gasteiger partial charge < -0.3 is 12.3 Å². The number of primary amides is 1. The molecule has 0 saturated heterocycles. The normalized spacial score (nSPS) is 8.36. The van der Waals surface area contributed by atoms with E-state index in [4.69, 9.17) is 10.8 Å². The largest absolute Gasteiger partial charge is 1.00 e. The molecule has 1 amide bonds. The zero-order chi connectivity index (χ0) is 7.56. The summed E-state index contributed by atoms with van der Waals surface area (Å²) >= 11 is 0. The summed E-state index contributed by atoms with van der Waals surface area (Å²) in [5.74, 6) is -0.687. The van der Waals surface area contributed by atoms with Gasteiger partial charge in [-0.3, -0.25) is 4.79 Å². The summed E-state index contributed by atoms with van der Waals surface area (Å²) in [6.45, 7) is 0. The van der Waals surface area contributed by atoms with Gasteiger partial charge in [0.2, 0.25) is 0 Å². The van der Waals surface area contributed by atoms with Crippen molar-refractivity contribution in [3.63, 3.8) is 0 Å². The first kappa shape index (κ1) is 10.5. The average Bonchev–Trinajstić information content (AvgIpc) is 1.88. The predicted molar refractivity (Wildman–Crippen MR) is 37.7 cm³/mol. The molecule has 1 rings (SSSR count). The number of benzene rings is 1. The minimum atomic E-state index is -0.613. The molecular formula is C7H8NNaO2. The van der Waals surface area contributed by atoms with Crippen molar-refractivity contribution in [3.05, 3.63) is 29.8 Å². The molecule has 0 aliphatic carbocycles. The molecule has 3 nitrogen and oxygen atoms in total. The van der Waals surface area contributed by atoms with Crippen molar-refractivity contribution < 1.29 is 40.9 Å². The molecule has 1 aromatic carbocycles. The molecule has 0 aliphatic heterocycles. The Balaban J connectivity index is 0. The van der Waals surface area contributed by atoms with Crippen LogP contribution in [-0.2, 0) is 0 Å². The fraction of sp³-hybridized carbons (Fsp3) is 0. The fourth-order valence-corrected chi connectivity index (χ4v) is 0.682. The summed E-state index contributed by atoms with van der Waals surface area (Å²) < 4.78 is 0. The van der Waals surface area contributed by atoms with Gasteiger partial charge in [-0.25, -0.2) is 0 Å². The molecule has 0 fully saturated rings. The molecule has 0 bridgehead atoms. The Bertz CT molecular complexity index is 267. The second-order valence-electron chi connectivity index (χ2n) is 1.88. The van der Waals surface area contributed by atoms with E-state index in [1.54, 1.807) is 12.1 Å². The number of nitrogens with two attached hydrogens (primary N) is 1. The van der Waals surface area contributed by atoms with Gasteiger partial charge in [0.1, 0.15) is 5.75 Å². The molecule has 0 aliphatic rings. The van der Waals surface area contributed by atoms with Gasteiger partial charge >= 0.3 is 29.6 Å². The van der Waals surface area contributed by atoms with Gasteiger partial charge in [0, 0.05) is 0 Å². The third-order valence-corrected chi connectivity index (χ3v) is 1.17. The van der Waals surface area contributed by atoms with Crippen LogP contribution in [-0.4, -0.2) is 11.0 Å². The van der Waals surface area contributed by atoms with Crippen molar-refractivity contribution in [3.8, 4) is 5.75 Å². The summed E-state index contributed by atoms with van der Waals surface area (Å²) in [6.07, 6.45) is 0. The van der Waals surface area contributed by atoms with Gasteiger partial charge in [0.05, 0.1) is 5.56 Å². The zero-order valence-corrected chi connectivity index (χ0v) is 8.24. The summed E-state index contributed by atoms with van der Waals surface area (Å²) in [5.41, 5.74) is 5.07. The van der Waals surface area contributed by atoms with E-state index >= 15 is 0 Å². The third-order valence-electron chi connectivity index (χ3n) is 1.17. The number of aromatic hydroxyl groups is 1. The summed E-state index contributed by atoms with van der Waals surface area (Å²) in [4.78, 5) is 10.5. The van der Waals surface area contributed by atoms with Crippen LogP contribution in [0.2, 0.25) is 0 Å². The van der Waals surface area contributed by atoms with Crippen LogP contribution in [0.4, 0.5) is 0 Å². The Labute approximate surface area is 88.0 Å². The van der Waals surface area contributed by atoms with Gasteiger partial charge in [-0.15, -0.1) is 0 Å². The summed E-state index contributed by atoms with van der Waals surface area (Å²) in [7, 11) is 0. The van der Waals surface area contributed by atoms with Crippen molar-refractivity contribution in [2.75, 3.05) is 0 Å². The number of phenols is 1. The van der Waals surface area contributed by atoms with Crippen LogP contribution in [0, 0.1) is 0 Å². The average molecular weight is 161 g/mol. The van der Waals surface area contributed by atoms with Crippen LogP contribution in [0.3, 0.4) is 0 Å². The number of amides is 1. The van der Waals surface area contributed by atoms with Gasteiger partial charge in [0.15, 0.2) is 0 Å². The molecule has 0 atom stereocenters. The SMILES string of the molecule is NC(=O)c1ccccc1O.[H-].[Na+]. The van der Waals surface area contributed by atoms with E-state index in [1.165, 1.54) is 12.1 Å². The number of para-hydroxylation sites is 1. The second-order valence-corrected chi connectivity index (χ2v) is 1.88. The molecule has 4 heteroatoms. The topological polar surface area (TPSA) is 63.3 Å². The first-order valence-corrected chi connectivity index (χ1v) is 2.79. The van der Waals surface area contributed by atoms with Crippen LogP contribution in [0.15, 0.2) is 24.3 Å². The van der Waals surface area contributed by atoms with E-state index in [9.17, 15) is 4.79 Å². The molecule has 1 aromatic rings. The number of hydrogen-bond donors (Lipinski definition) is 2. The zero-order valence-electron chi connectivity index (χ0n) is 7.24. The van der Waals surface area contributed by atoms with Crippen LogP contribution >= 0.6 is 0 Å². The van der Waals surface area contributed by atoms with Gasteiger partial charge in [0.25, 0.3) is 5.91 Å². The van der Waals surface area contributed by atoms with Gasteiger partial charge in [-0.2, -0.15) is 0 Å². The maximum atomic E-state index is 10.5. The van der Waals surface area contributed by atoms with E-state index in [0.717, 1.165) is 0 Å². The first-order chi connectivity index (χ1) is 4.72. The predicted octanol–water partition coefficient (Wildman–Crippen LogP) is -2.39. The molecule has 0 heterocycles. The van der Waals surface area contributed by atoms with Gasteiger partial charge in [-0.1, -0.05) is 12.1 Å². The monoisotopic (exact) mass is 161 g/mol. The Morgan fingerprint density at radius 1 is 1.45 bits per heavy atom. The molecule has 11 heavy (non-hydrogen) atoms. The third kappa shape index (κ3) is 2.54. The number of hydrogen-bond acceptors (Lipinski definition) is 2. The van der Waals surface area contributed by atoms with Crippen LogP contribution in [0.5, 0.6) is 5.75 Å². The molecule has 0 aromatic heterocycles. The Morgan fingerprint density at radius 3 is 2.36 bits per heavy atom. The molecule has 3 N–H and O–H groups in total. The van der Waals surface area contributed by atoms with Crippen molar-refractivity contribution in [2.24, 2.45) is 5.73 Å². The quantitative estimate of drug-likeness (QED) is 0.451. The van der Waals surface area contributed by atoms with E-state index in [1.807, 2.05) is 0 Å².